The normalized spacial score (nSPS) is 21.9. The molecule has 1 aliphatic carbocycles. The molecule has 41 heavy (non-hydrogen) atoms. The molecule has 0 bridgehead atoms. The first kappa shape index (κ1) is 25.9. The van der Waals surface area contributed by atoms with Gasteiger partial charge in [0.05, 0.1) is 27.6 Å². The predicted octanol–water partition coefficient (Wildman–Crippen LogP) is 8.88. The average Bonchev–Trinajstić information content (AvgIpc) is 2.95. The molecular formula is C34H29F3N2O2. The predicted molar refractivity (Wildman–Crippen MR) is 153 cm³/mol. The molecule has 7 rings (SSSR count). The lowest BCUT2D eigenvalue weighted by Crippen LogP contribution is -2.46. The second-order valence-corrected chi connectivity index (χ2v) is 12.2. The molecule has 4 aromatic carbocycles. The Morgan fingerprint density at radius 3 is 2.39 bits per heavy atom. The summed E-state index contributed by atoms with van der Waals surface area (Å²) in [6, 6.07) is 17.6. The number of ether oxygens (including phenoxy) is 1. The van der Waals surface area contributed by atoms with Crippen molar-refractivity contribution < 1.29 is 22.7 Å². The Bertz CT molecular complexity index is 1880. The van der Waals surface area contributed by atoms with Gasteiger partial charge >= 0.3 is 6.18 Å². The highest BCUT2D eigenvalue weighted by Gasteiger charge is 2.47. The number of rotatable bonds is 2. The van der Waals surface area contributed by atoms with Crippen LogP contribution in [0.5, 0.6) is 5.75 Å². The van der Waals surface area contributed by atoms with Crippen LogP contribution in [0.1, 0.15) is 73.0 Å². The molecule has 3 atom stereocenters. The van der Waals surface area contributed by atoms with E-state index in [2.05, 4.69) is 26.8 Å². The van der Waals surface area contributed by atoms with Crippen LogP contribution in [-0.4, -0.2) is 21.4 Å². The van der Waals surface area contributed by atoms with Gasteiger partial charge in [0, 0.05) is 33.4 Å². The number of benzene rings is 4. The highest BCUT2D eigenvalue weighted by Crippen LogP contribution is 2.56. The molecule has 0 amide bonds. The summed E-state index contributed by atoms with van der Waals surface area (Å²) in [5.41, 5.74) is 2.85. The zero-order valence-corrected chi connectivity index (χ0v) is 23.0. The molecule has 0 radical (unpaired) electrons. The zero-order valence-electron chi connectivity index (χ0n) is 23.0. The summed E-state index contributed by atoms with van der Waals surface area (Å²) >= 11 is 0. The number of alkyl halides is 3. The zero-order chi connectivity index (χ0) is 28.7. The Kier molecular flexibility index (Phi) is 5.69. The van der Waals surface area contributed by atoms with Gasteiger partial charge in [-0.05, 0) is 68.9 Å². The first-order valence-electron chi connectivity index (χ1n) is 14.1. The van der Waals surface area contributed by atoms with Gasteiger partial charge in [-0.3, -0.25) is 4.79 Å². The molecule has 2 heterocycles. The van der Waals surface area contributed by atoms with E-state index in [1.165, 1.54) is 12.1 Å². The summed E-state index contributed by atoms with van der Waals surface area (Å²) in [5.74, 6) is 1.53. The Labute approximate surface area is 235 Å². The van der Waals surface area contributed by atoms with Crippen LogP contribution in [0.25, 0.3) is 32.8 Å². The Balaban J connectivity index is 1.45. The fourth-order valence-electron chi connectivity index (χ4n) is 7.04. The second-order valence-electron chi connectivity index (χ2n) is 12.2. The number of hydrogen-bond acceptors (Lipinski definition) is 4. The van der Waals surface area contributed by atoms with Gasteiger partial charge in [0.2, 0.25) is 0 Å². The van der Waals surface area contributed by atoms with E-state index in [-0.39, 0.29) is 22.6 Å². The fraction of sp³-hybridized carbons (Fsp3) is 0.324. The molecule has 2 aliphatic rings. The number of fused-ring (bicyclic) bond motifs is 9. The maximum atomic E-state index is 13.3. The van der Waals surface area contributed by atoms with Crippen molar-refractivity contribution in [2.75, 3.05) is 0 Å². The van der Waals surface area contributed by atoms with Crippen molar-refractivity contribution in [3.05, 3.63) is 89.0 Å². The summed E-state index contributed by atoms with van der Waals surface area (Å²) in [4.78, 5) is 23.5. The lowest BCUT2D eigenvalue weighted by molar-refractivity contribution is -0.137. The van der Waals surface area contributed by atoms with Crippen molar-refractivity contribution in [1.29, 1.82) is 0 Å². The molecule has 0 N–H and O–H groups in total. The Morgan fingerprint density at radius 2 is 1.61 bits per heavy atom. The molecule has 0 saturated heterocycles. The van der Waals surface area contributed by atoms with E-state index in [0.29, 0.717) is 22.9 Å². The van der Waals surface area contributed by atoms with Gasteiger partial charge in [0.1, 0.15) is 11.4 Å². The summed E-state index contributed by atoms with van der Waals surface area (Å²) in [6.07, 6.45) is -1.27. The highest BCUT2D eigenvalue weighted by molar-refractivity contribution is 6.13. The molecule has 4 nitrogen and oxygen atoms in total. The molecule has 1 aliphatic heterocycles. The Hall–Kier alpha value is -4.00. The van der Waals surface area contributed by atoms with Crippen LogP contribution in [0.15, 0.2) is 66.7 Å². The number of carbonyl (C=O) groups excluding carboxylic acids is 1. The van der Waals surface area contributed by atoms with Gasteiger partial charge in [-0.2, -0.15) is 13.2 Å². The molecule has 208 valence electrons. The van der Waals surface area contributed by atoms with Crippen molar-refractivity contribution in [2.24, 2.45) is 11.8 Å². The fourth-order valence-corrected chi connectivity index (χ4v) is 7.04. The van der Waals surface area contributed by atoms with Crippen LogP contribution in [0.3, 0.4) is 0 Å². The standard InChI is InChI=1S/C34H29F3N2O2/c1-18-11-13-25-24(15-18)28-30-29(22-9-4-5-10-23(22)32(28)41-33(25,2)3)38-26-14-12-20(17-27(26)39-30)31(40)19-7-6-8-21(16-19)34(35,36)37/h4-10,12,14,16-18,24-25H,11,13,15H2,1-3H3. The van der Waals surface area contributed by atoms with Gasteiger partial charge < -0.3 is 4.74 Å². The van der Waals surface area contributed by atoms with Crippen LogP contribution >= 0.6 is 0 Å². The van der Waals surface area contributed by atoms with Gasteiger partial charge in [0.15, 0.2) is 5.78 Å². The quantitative estimate of drug-likeness (QED) is 0.124. The third-order valence-corrected chi connectivity index (χ3v) is 9.05. The van der Waals surface area contributed by atoms with Crippen LogP contribution in [0.2, 0.25) is 0 Å². The maximum Gasteiger partial charge on any atom is 0.416 e. The third kappa shape index (κ3) is 4.16. The van der Waals surface area contributed by atoms with Crippen LogP contribution in [-0.2, 0) is 6.18 Å². The van der Waals surface area contributed by atoms with E-state index < -0.39 is 17.5 Å². The number of ketones is 1. The van der Waals surface area contributed by atoms with Crippen molar-refractivity contribution in [3.63, 3.8) is 0 Å². The molecule has 0 spiro atoms. The van der Waals surface area contributed by atoms with Crippen molar-refractivity contribution in [1.82, 2.24) is 9.97 Å². The summed E-state index contributed by atoms with van der Waals surface area (Å²) in [5, 5.41) is 1.97. The minimum Gasteiger partial charge on any atom is -0.487 e. The number of halogens is 3. The van der Waals surface area contributed by atoms with E-state index in [1.54, 1.807) is 18.2 Å². The van der Waals surface area contributed by atoms with E-state index in [0.717, 1.165) is 64.5 Å². The monoisotopic (exact) mass is 554 g/mol. The minimum absolute atomic E-state index is 0.0223. The molecule has 1 saturated carbocycles. The second kappa shape index (κ2) is 9.00. The summed E-state index contributed by atoms with van der Waals surface area (Å²) in [7, 11) is 0. The molecule has 1 aromatic heterocycles. The molecule has 3 unspecified atom stereocenters. The topological polar surface area (TPSA) is 52.1 Å². The first-order valence-corrected chi connectivity index (χ1v) is 14.1. The van der Waals surface area contributed by atoms with Crippen LogP contribution in [0.4, 0.5) is 13.2 Å². The minimum atomic E-state index is -4.53. The lowest BCUT2D eigenvalue weighted by atomic mass is 9.64. The average molecular weight is 555 g/mol. The molecule has 1 fully saturated rings. The largest absolute Gasteiger partial charge is 0.487 e. The third-order valence-electron chi connectivity index (χ3n) is 9.05. The maximum absolute atomic E-state index is 13.3. The van der Waals surface area contributed by atoms with Crippen LogP contribution in [0, 0.1) is 11.8 Å². The summed E-state index contributed by atoms with van der Waals surface area (Å²) < 4.78 is 46.7. The van der Waals surface area contributed by atoms with Crippen molar-refractivity contribution in [3.8, 4) is 5.75 Å². The Morgan fingerprint density at radius 1 is 0.878 bits per heavy atom. The van der Waals surface area contributed by atoms with Gasteiger partial charge in [-0.15, -0.1) is 0 Å². The number of nitrogens with zero attached hydrogens (tertiary/aromatic N) is 2. The van der Waals surface area contributed by atoms with Gasteiger partial charge in [0.25, 0.3) is 0 Å². The van der Waals surface area contributed by atoms with Crippen LogP contribution < -0.4 is 4.74 Å². The highest BCUT2D eigenvalue weighted by atomic mass is 19.4. The first-order chi connectivity index (χ1) is 19.5. The number of carbonyl (C=O) groups is 1. The molecule has 5 aromatic rings. The van der Waals surface area contributed by atoms with E-state index in [1.807, 2.05) is 18.2 Å². The number of hydrogen-bond donors (Lipinski definition) is 0. The molecular weight excluding hydrogens is 525 g/mol. The van der Waals surface area contributed by atoms with E-state index in [9.17, 15) is 18.0 Å². The lowest BCUT2D eigenvalue weighted by Gasteiger charge is -2.49. The molecule has 7 heteroatoms. The van der Waals surface area contributed by atoms with E-state index >= 15 is 0 Å². The smallest absolute Gasteiger partial charge is 0.416 e. The van der Waals surface area contributed by atoms with Crippen molar-refractivity contribution in [2.45, 2.75) is 57.7 Å². The van der Waals surface area contributed by atoms with Gasteiger partial charge in [-0.1, -0.05) is 49.7 Å². The van der Waals surface area contributed by atoms with Gasteiger partial charge in [-0.25, -0.2) is 9.97 Å². The van der Waals surface area contributed by atoms with Crippen molar-refractivity contribution >= 4 is 38.6 Å². The summed E-state index contributed by atoms with van der Waals surface area (Å²) in [6.45, 7) is 6.66. The van der Waals surface area contributed by atoms with E-state index in [4.69, 9.17) is 14.7 Å². The number of aromatic nitrogens is 2. The SMILES string of the molecule is CC1CCC2C(C1)c1c(c3ccccc3c3nc4ccc(C(=O)c5cccc(C(F)(F)F)c5)cc4nc13)OC2(C)C.